The predicted molar refractivity (Wildman–Crippen MR) is 89.7 cm³/mol. The maximum Gasteiger partial charge on any atom is 0.121 e. The van der Waals surface area contributed by atoms with Gasteiger partial charge in [0.1, 0.15) is 12.4 Å². The first-order valence-electron chi connectivity index (χ1n) is 7.62. The van der Waals surface area contributed by atoms with Crippen LogP contribution in [-0.4, -0.2) is 19.3 Å². The molecule has 116 valence electrons. The number of ether oxygens (including phenoxy) is 2. The van der Waals surface area contributed by atoms with Crippen molar-refractivity contribution in [1.82, 2.24) is 0 Å². The van der Waals surface area contributed by atoms with Gasteiger partial charge in [-0.15, -0.1) is 0 Å². The van der Waals surface area contributed by atoms with Gasteiger partial charge in [0.15, 0.2) is 0 Å². The Balaban J connectivity index is 1.54. The van der Waals surface area contributed by atoms with Crippen molar-refractivity contribution in [3.8, 4) is 5.75 Å². The van der Waals surface area contributed by atoms with E-state index in [-0.39, 0.29) is 6.10 Å². The lowest BCUT2D eigenvalue weighted by molar-refractivity contribution is 0.0680. The van der Waals surface area contributed by atoms with Gasteiger partial charge in [-0.25, -0.2) is 0 Å². The van der Waals surface area contributed by atoms with Crippen LogP contribution in [0.5, 0.6) is 5.75 Å². The zero-order valence-corrected chi connectivity index (χ0v) is 13.2. The monoisotopic (exact) mass is 317 g/mol. The van der Waals surface area contributed by atoms with Gasteiger partial charge in [0.25, 0.3) is 0 Å². The Morgan fingerprint density at radius 3 is 2.91 bits per heavy atom. The standard InChI is InChI=1S/C18H20ClNO2/c19-15-5-1-4-14(10-15)12-20-16-6-2-7-17(11-16)22-13-18-8-3-9-21-18/h1-2,4-7,10-11,18,20H,3,8-9,12-13H2. The molecule has 0 aliphatic carbocycles. The highest BCUT2D eigenvalue weighted by Gasteiger charge is 2.15. The minimum atomic E-state index is 0.239. The Morgan fingerprint density at radius 2 is 2.09 bits per heavy atom. The van der Waals surface area contributed by atoms with Gasteiger partial charge in [0.2, 0.25) is 0 Å². The summed E-state index contributed by atoms with van der Waals surface area (Å²) in [7, 11) is 0. The molecule has 3 rings (SSSR count). The van der Waals surface area contributed by atoms with Crippen LogP contribution in [0.2, 0.25) is 5.02 Å². The van der Waals surface area contributed by atoms with Crippen LogP contribution in [0.25, 0.3) is 0 Å². The van der Waals surface area contributed by atoms with E-state index >= 15 is 0 Å². The largest absolute Gasteiger partial charge is 0.491 e. The molecule has 1 aliphatic rings. The first-order chi connectivity index (χ1) is 10.8. The molecule has 1 N–H and O–H groups in total. The molecule has 22 heavy (non-hydrogen) atoms. The van der Waals surface area contributed by atoms with Crippen molar-refractivity contribution < 1.29 is 9.47 Å². The average Bonchev–Trinajstić information content (AvgIpc) is 3.05. The molecule has 1 aliphatic heterocycles. The fraction of sp³-hybridized carbons (Fsp3) is 0.333. The van der Waals surface area contributed by atoms with Crippen LogP contribution in [0.15, 0.2) is 48.5 Å². The van der Waals surface area contributed by atoms with Crippen molar-refractivity contribution >= 4 is 17.3 Å². The van der Waals surface area contributed by atoms with Gasteiger partial charge < -0.3 is 14.8 Å². The van der Waals surface area contributed by atoms with E-state index in [4.69, 9.17) is 21.1 Å². The molecule has 1 fully saturated rings. The summed E-state index contributed by atoms with van der Waals surface area (Å²) in [6, 6.07) is 15.9. The summed E-state index contributed by atoms with van der Waals surface area (Å²) in [5.74, 6) is 0.867. The van der Waals surface area contributed by atoms with E-state index in [1.54, 1.807) is 0 Å². The average molecular weight is 318 g/mol. The Hall–Kier alpha value is -1.71. The van der Waals surface area contributed by atoms with E-state index in [0.717, 1.165) is 48.0 Å². The molecule has 1 saturated heterocycles. The highest BCUT2D eigenvalue weighted by atomic mass is 35.5. The molecule has 1 atom stereocenters. The Labute approximate surface area is 136 Å². The molecule has 2 aromatic rings. The van der Waals surface area contributed by atoms with Crippen molar-refractivity contribution in [2.75, 3.05) is 18.5 Å². The zero-order valence-electron chi connectivity index (χ0n) is 12.4. The number of anilines is 1. The van der Waals surface area contributed by atoms with Crippen LogP contribution in [-0.2, 0) is 11.3 Å². The van der Waals surface area contributed by atoms with Crippen LogP contribution in [0.3, 0.4) is 0 Å². The topological polar surface area (TPSA) is 30.5 Å². The Bertz CT molecular complexity index is 612. The SMILES string of the molecule is Clc1cccc(CNc2cccc(OCC3CCCO3)c2)c1. The van der Waals surface area contributed by atoms with E-state index in [1.807, 2.05) is 42.5 Å². The van der Waals surface area contributed by atoms with Crippen molar-refractivity contribution in [1.29, 1.82) is 0 Å². The number of halogens is 1. The van der Waals surface area contributed by atoms with Gasteiger partial charge in [-0.05, 0) is 42.7 Å². The fourth-order valence-corrected chi connectivity index (χ4v) is 2.72. The van der Waals surface area contributed by atoms with E-state index in [0.29, 0.717) is 6.61 Å². The van der Waals surface area contributed by atoms with Gasteiger partial charge in [-0.3, -0.25) is 0 Å². The van der Waals surface area contributed by atoms with Gasteiger partial charge >= 0.3 is 0 Å². The van der Waals surface area contributed by atoms with E-state index in [1.165, 1.54) is 0 Å². The second-order valence-corrected chi connectivity index (χ2v) is 5.89. The maximum absolute atomic E-state index is 6.00. The molecule has 0 spiro atoms. The number of nitrogens with one attached hydrogen (secondary N) is 1. The minimum Gasteiger partial charge on any atom is -0.491 e. The molecule has 0 radical (unpaired) electrons. The van der Waals surface area contributed by atoms with Crippen molar-refractivity contribution in [3.63, 3.8) is 0 Å². The molecule has 3 nitrogen and oxygen atoms in total. The van der Waals surface area contributed by atoms with Crippen LogP contribution < -0.4 is 10.1 Å². The summed E-state index contributed by atoms with van der Waals surface area (Å²) in [4.78, 5) is 0. The smallest absolute Gasteiger partial charge is 0.121 e. The van der Waals surface area contributed by atoms with Crippen molar-refractivity contribution in [2.24, 2.45) is 0 Å². The van der Waals surface area contributed by atoms with Gasteiger partial charge in [0, 0.05) is 29.9 Å². The molecule has 2 aromatic carbocycles. The Kier molecular flexibility index (Phi) is 5.20. The van der Waals surface area contributed by atoms with Crippen molar-refractivity contribution in [3.05, 3.63) is 59.1 Å². The molecule has 0 aromatic heterocycles. The fourth-order valence-electron chi connectivity index (χ4n) is 2.51. The summed E-state index contributed by atoms with van der Waals surface area (Å²) in [5, 5.41) is 4.14. The number of rotatable bonds is 6. The highest BCUT2D eigenvalue weighted by molar-refractivity contribution is 6.30. The molecule has 0 saturated carbocycles. The van der Waals surface area contributed by atoms with Crippen LogP contribution in [0.4, 0.5) is 5.69 Å². The quantitative estimate of drug-likeness (QED) is 0.850. The first-order valence-corrected chi connectivity index (χ1v) is 8.00. The number of hydrogen-bond acceptors (Lipinski definition) is 3. The summed E-state index contributed by atoms with van der Waals surface area (Å²) >= 11 is 6.00. The predicted octanol–water partition coefficient (Wildman–Crippen LogP) is 4.51. The number of benzene rings is 2. The summed E-state index contributed by atoms with van der Waals surface area (Å²) < 4.78 is 11.4. The third-order valence-electron chi connectivity index (χ3n) is 3.68. The minimum absolute atomic E-state index is 0.239. The van der Waals surface area contributed by atoms with Gasteiger partial charge in [-0.2, -0.15) is 0 Å². The molecule has 1 heterocycles. The molecule has 1 unspecified atom stereocenters. The lowest BCUT2D eigenvalue weighted by Crippen LogP contribution is -2.16. The highest BCUT2D eigenvalue weighted by Crippen LogP contribution is 2.20. The molecule has 0 bridgehead atoms. The lowest BCUT2D eigenvalue weighted by atomic mass is 10.2. The third-order valence-corrected chi connectivity index (χ3v) is 3.91. The van der Waals surface area contributed by atoms with E-state index in [9.17, 15) is 0 Å². The molecule has 0 amide bonds. The van der Waals surface area contributed by atoms with Crippen molar-refractivity contribution in [2.45, 2.75) is 25.5 Å². The second-order valence-electron chi connectivity index (χ2n) is 5.46. The lowest BCUT2D eigenvalue weighted by Gasteiger charge is -2.13. The van der Waals surface area contributed by atoms with Gasteiger partial charge in [0.05, 0.1) is 6.10 Å². The van der Waals surface area contributed by atoms with Gasteiger partial charge in [-0.1, -0.05) is 29.8 Å². The summed E-state index contributed by atoms with van der Waals surface area (Å²) in [5.41, 5.74) is 2.18. The Morgan fingerprint density at radius 1 is 1.18 bits per heavy atom. The maximum atomic E-state index is 6.00. The zero-order chi connectivity index (χ0) is 15.2. The number of hydrogen-bond donors (Lipinski definition) is 1. The first kappa shape index (κ1) is 15.2. The van der Waals surface area contributed by atoms with E-state index < -0.39 is 0 Å². The second kappa shape index (κ2) is 7.52. The van der Waals surface area contributed by atoms with Crippen LogP contribution in [0.1, 0.15) is 18.4 Å². The summed E-state index contributed by atoms with van der Waals surface area (Å²) in [6.07, 6.45) is 2.46. The molecule has 4 heteroatoms. The van der Waals surface area contributed by atoms with Crippen LogP contribution >= 0.6 is 11.6 Å². The third kappa shape index (κ3) is 4.39. The molecular weight excluding hydrogens is 298 g/mol. The summed E-state index contributed by atoms with van der Waals surface area (Å²) in [6.45, 7) is 2.21. The van der Waals surface area contributed by atoms with E-state index in [2.05, 4.69) is 11.4 Å². The normalized spacial score (nSPS) is 17.4. The molecular formula is C18H20ClNO2. The van der Waals surface area contributed by atoms with Crippen LogP contribution in [0, 0.1) is 0 Å².